The van der Waals surface area contributed by atoms with E-state index in [9.17, 15) is 4.79 Å². The first-order valence-corrected chi connectivity index (χ1v) is 7.48. The first kappa shape index (κ1) is 13.9. The summed E-state index contributed by atoms with van der Waals surface area (Å²) in [6, 6.07) is 3.36. The molecule has 2 aromatic rings. The van der Waals surface area contributed by atoms with Crippen molar-refractivity contribution in [1.29, 1.82) is 0 Å². The molecule has 0 unspecified atom stereocenters. The van der Waals surface area contributed by atoms with E-state index >= 15 is 0 Å². The second-order valence-electron chi connectivity index (χ2n) is 4.50. The molecule has 1 amide bonds. The summed E-state index contributed by atoms with van der Waals surface area (Å²) in [4.78, 5) is 16.2. The molecule has 1 aromatic carbocycles. The van der Waals surface area contributed by atoms with E-state index in [0.717, 1.165) is 18.7 Å². The average molecular weight is 376 g/mol. The Morgan fingerprint density at radius 1 is 1.35 bits per heavy atom. The number of benzene rings is 1. The lowest BCUT2D eigenvalue weighted by molar-refractivity contribution is 0.101. The summed E-state index contributed by atoms with van der Waals surface area (Å²) in [7, 11) is 0. The highest BCUT2D eigenvalue weighted by molar-refractivity contribution is 9.10. The monoisotopic (exact) mass is 374 g/mol. The number of halogens is 3. The minimum Gasteiger partial charge on any atom is -0.318 e. The highest BCUT2D eigenvalue weighted by Crippen LogP contribution is 2.38. The van der Waals surface area contributed by atoms with Crippen LogP contribution in [0.5, 0.6) is 0 Å². The fraction of sp³-hybridized carbons (Fsp3) is 0.250. The van der Waals surface area contributed by atoms with Gasteiger partial charge in [0.25, 0.3) is 5.91 Å². The van der Waals surface area contributed by atoms with Crippen LogP contribution in [0.15, 0.2) is 16.6 Å². The number of hydrogen-bond acceptors (Lipinski definition) is 3. The first-order valence-electron chi connectivity index (χ1n) is 5.93. The molecule has 8 heteroatoms. The molecule has 1 aliphatic rings. The number of anilines is 1. The summed E-state index contributed by atoms with van der Waals surface area (Å²) in [6.45, 7) is 0. The Hall–Kier alpha value is -1.11. The number of carbonyl (C=O) groups excluding carboxylic acids is 1. The van der Waals surface area contributed by atoms with Crippen LogP contribution in [0.3, 0.4) is 0 Å². The van der Waals surface area contributed by atoms with Gasteiger partial charge in [0.1, 0.15) is 5.82 Å². The highest BCUT2D eigenvalue weighted by Gasteiger charge is 2.28. The molecule has 2 N–H and O–H groups in total. The largest absolute Gasteiger partial charge is 0.318 e. The Morgan fingerprint density at radius 2 is 2.10 bits per heavy atom. The van der Waals surface area contributed by atoms with E-state index in [4.69, 9.17) is 23.2 Å². The van der Waals surface area contributed by atoms with Crippen LogP contribution in [-0.4, -0.2) is 21.1 Å². The Balaban J connectivity index is 1.79. The molecule has 20 heavy (non-hydrogen) atoms. The number of aromatic amines is 1. The molecular weight excluding hydrogens is 367 g/mol. The van der Waals surface area contributed by atoms with Crippen molar-refractivity contribution in [3.63, 3.8) is 0 Å². The van der Waals surface area contributed by atoms with Crippen LogP contribution in [-0.2, 0) is 0 Å². The molecule has 1 aromatic heterocycles. The maximum Gasteiger partial charge on any atom is 0.295 e. The second kappa shape index (κ2) is 5.35. The first-order chi connectivity index (χ1) is 9.56. The van der Waals surface area contributed by atoms with Gasteiger partial charge in [0.15, 0.2) is 0 Å². The molecule has 0 bridgehead atoms. The molecule has 1 fully saturated rings. The van der Waals surface area contributed by atoms with Crippen molar-refractivity contribution in [2.75, 3.05) is 5.32 Å². The number of aromatic nitrogens is 3. The highest BCUT2D eigenvalue weighted by atomic mass is 79.9. The molecule has 0 saturated heterocycles. The number of carbonyl (C=O) groups is 1. The SMILES string of the molecule is O=C(Nc1ccc(Br)c(Cl)c1Cl)c1n[nH]c(C2CC2)n1. The Bertz CT molecular complexity index is 684. The van der Waals surface area contributed by atoms with Crippen molar-refractivity contribution < 1.29 is 4.79 Å². The summed E-state index contributed by atoms with van der Waals surface area (Å²) in [6.07, 6.45) is 2.18. The molecule has 0 atom stereocenters. The van der Waals surface area contributed by atoms with Crippen LogP contribution in [0.2, 0.25) is 10.0 Å². The maximum absolute atomic E-state index is 12.0. The third-order valence-corrected chi connectivity index (χ3v) is 4.72. The zero-order chi connectivity index (χ0) is 14.3. The van der Waals surface area contributed by atoms with Gasteiger partial charge in [-0.25, -0.2) is 4.98 Å². The molecule has 1 aliphatic carbocycles. The number of rotatable bonds is 3. The van der Waals surface area contributed by atoms with E-state index in [1.54, 1.807) is 12.1 Å². The Labute approximate surface area is 133 Å². The number of hydrogen-bond donors (Lipinski definition) is 2. The van der Waals surface area contributed by atoms with Gasteiger partial charge in [0, 0.05) is 10.4 Å². The molecular formula is C12H9BrCl2N4O. The van der Waals surface area contributed by atoms with Gasteiger partial charge in [-0.05, 0) is 40.9 Å². The van der Waals surface area contributed by atoms with E-state index in [2.05, 4.69) is 36.4 Å². The lowest BCUT2D eigenvalue weighted by atomic mass is 10.3. The smallest absolute Gasteiger partial charge is 0.295 e. The molecule has 1 heterocycles. The second-order valence-corrected chi connectivity index (χ2v) is 6.11. The minimum atomic E-state index is -0.423. The zero-order valence-corrected chi connectivity index (χ0v) is 13.2. The van der Waals surface area contributed by atoms with Crippen molar-refractivity contribution in [2.24, 2.45) is 0 Å². The molecule has 0 spiro atoms. The van der Waals surface area contributed by atoms with Gasteiger partial charge in [0.2, 0.25) is 5.82 Å². The van der Waals surface area contributed by atoms with E-state index in [-0.39, 0.29) is 10.8 Å². The van der Waals surface area contributed by atoms with Crippen molar-refractivity contribution in [1.82, 2.24) is 15.2 Å². The van der Waals surface area contributed by atoms with Crippen molar-refractivity contribution in [2.45, 2.75) is 18.8 Å². The van der Waals surface area contributed by atoms with Gasteiger partial charge < -0.3 is 5.32 Å². The van der Waals surface area contributed by atoms with Gasteiger partial charge in [-0.1, -0.05) is 23.2 Å². The van der Waals surface area contributed by atoms with Crippen molar-refractivity contribution >= 4 is 50.7 Å². The topological polar surface area (TPSA) is 70.7 Å². The maximum atomic E-state index is 12.0. The molecule has 0 radical (unpaired) electrons. The lowest BCUT2D eigenvalue weighted by Gasteiger charge is -2.07. The van der Waals surface area contributed by atoms with Crippen LogP contribution in [0.1, 0.15) is 35.2 Å². The Morgan fingerprint density at radius 3 is 2.80 bits per heavy atom. The van der Waals surface area contributed by atoms with Crippen LogP contribution < -0.4 is 5.32 Å². The van der Waals surface area contributed by atoms with E-state index in [1.807, 2.05) is 0 Å². The number of amides is 1. The quantitative estimate of drug-likeness (QED) is 0.796. The van der Waals surface area contributed by atoms with E-state index in [1.165, 1.54) is 0 Å². The number of nitrogens with zero attached hydrogens (tertiary/aromatic N) is 2. The van der Waals surface area contributed by atoms with Crippen molar-refractivity contribution in [3.8, 4) is 0 Å². The minimum absolute atomic E-state index is 0.0991. The van der Waals surface area contributed by atoms with Crippen LogP contribution in [0.4, 0.5) is 5.69 Å². The van der Waals surface area contributed by atoms with Gasteiger partial charge in [-0.2, -0.15) is 0 Å². The summed E-state index contributed by atoms with van der Waals surface area (Å²) >= 11 is 15.3. The molecule has 104 valence electrons. The van der Waals surface area contributed by atoms with Crippen LogP contribution >= 0.6 is 39.1 Å². The van der Waals surface area contributed by atoms with Gasteiger partial charge in [-0.3, -0.25) is 9.89 Å². The van der Waals surface area contributed by atoms with E-state index < -0.39 is 5.91 Å². The number of nitrogens with one attached hydrogen (secondary N) is 2. The summed E-state index contributed by atoms with van der Waals surface area (Å²) in [5, 5.41) is 9.95. The van der Waals surface area contributed by atoms with Crippen LogP contribution in [0.25, 0.3) is 0 Å². The molecule has 0 aliphatic heterocycles. The molecule has 1 saturated carbocycles. The fourth-order valence-corrected chi connectivity index (χ4v) is 2.54. The van der Waals surface area contributed by atoms with Crippen LogP contribution in [0, 0.1) is 0 Å². The third kappa shape index (κ3) is 2.68. The fourth-order valence-electron chi connectivity index (χ4n) is 1.72. The predicted octanol–water partition coefficient (Wildman–Crippen LogP) is 4.00. The zero-order valence-electron chi connectivity index (χ0n) is 10.1. The summed E-state index contributed by atoms with van der Waals surface area (Å²) in [5.41, 5.74) is 0.419. The molecule has 3 rings (SSSR count). The predicted molar refractivity (Wildman–Crippen MR) is 80.5 cm³/mol. The van der Waals surface area contributed by atoms with Gasteiger partial charge >= 0.3 is 0 Å². The van der Waals surface area contributed by atoms with Gasteiger partial charge in [-0.15, -0.1) is 5.10 Å². The standard InChI is InChI=1S/C12H9BrCl2N4O/c13-6-3-4-7(9(15)8(6)14)16-12(20)11-17-10(18-19-11)5-1-2-5/h3-5H,1-2H2,(H,16,20)(H,17,18,19). The van der Waals surface area contributed by atoms with Crippen molar-refractivity contribution in [3.05, 3.63) is 38.3 Å². The summed E-state index contributed by atoms with van der Waals surface area (Å²) < 4.78 is 0.663. The molecule has 5 nitrogen and oxygen atoms in total. The average Bonchev–Trinajstić information content (AvgIpc) is 3.17. The third-order valence-electron chi connectivity index (χ3n) is 2.95. The normalized spacial score (nSPS) is 14.3. The van der Waals surface area contributed by atoms with E-state index in [0.29, 0.717) is 21.1 Å². The number of H-pyrrole nitrogens is 1. The van der Waals surface area contributed by atoms with Gasteiger partial charge in [0.05, 0.1) is 15.7 Å². The summed E-state index contributed by atoms with van der Waals surface area (Å²) in [5.74, 6) is 0.847. The Kier molecular flexibility index (Phi) is 3.70. The lowest BCUT2D eigenvalue weighted by Crippen LogP contribution is -2.14.